The minimum Gasteiger partial charge on any atom is -0.496 e. The summed E-state index contributed by atoms with van der Waals surface area (Å²) in [7, 11) is 7.72. The predicted octanol–water partition coefficient (Wildman–Crippen LogP) is 4.06. The first-order valence-corrected chi connectivity index (χ1v) is 13.2. The van der Waals surface area contributed by atoms with Gasteiger partial charge in [-0.15, -0.1) is 0 Å². The Morgan fingerprint density at radius 3 is 2.30 bits per heavy atom. The Morgan fingerprint density at radius 1 is 1.00 bits per heavy atom. The molecular formula is C30H39N3O7. The summed E-state index contributed by atoms with van der Waals surface area (Å²) in [4.78, 5) is 29.3. The molecule has 40 heavy (non-hydrogen) atoms. The number of nitrogens with zero attached hydrogens (tertiary/aromatic N) is 1. The summed E-state index contributed by atoms with van der Waals surface area (Å²) in [6, 6.07) is 10.7. The van der Waals surface area contributed by atoms with Crippen molar-refractivity contribution in [3.05, 3.63) is 53.2 Å². The van der Waals surface area contributed by atoms with Crippen LogP contribution in [0.4, 0.5) is 11.4 Å². The van der Waals surface area contributed by atoms with Crippen LogP contribution in [0.3, 0.4) is 0 Å². The highest BCUT2D eigenvalue weighted by atomic mass is 16.7. The number of allylic oxidation sites excluding steroid dienone is 1. The van der Waals surface area contributed by atoms with E-state index in [-0.39, 0.29) is 30.2 Å². The van der Waals surface area contributed by atoms with Gasteiger partial charge in [-0.25, -0.2) is 0 Å². The monoisotopic (exact) mass is 553 g/mol. The van der Waals surface area contributed by atoms with Gasteiger partial charge in [0, 0.05) is 43.5 Å². The van der Waals surface area contributed by atoms with Gasteiger partial charge in [-0.05, 0) is 30.0 Å². The SMILES string of the molecule is COc1cc(OC)c(C2C3=C(CC(C)(C)CC3=O)Nc3ccccc3N2CC(=O)NCC(OC)OC)cc1OC. The summed E-state index contributed by atoms with van der Waals surface area (Å²) >= 11 is 0. The highest BCUT2D eigenvalue weighted by Gasteiger charge is 2.43. The Bertz CT molecular complexity index is 1290. The fraction of sp³-hybridized carbons (Fsp3) is 0.467. The van der Waals surface area contributed by atoms with Crippen molar-refractivity contribution < 1.29 is 33.3 Å². The van der Waals surface area contributed by atoms with Crippen molar-refractivity contribution in [3.63, 3.8) is 0 Å². The molecular weight excluding hydrogens is 514 g/mol. The van der Waals surface area contributed by atoms with Crippen LogP contribution in [0.25, 0.3) is 0 Å². The fourth-order valence-corrected chi connectivity index (χ4v) is 5.49. The fourth-order valence-electron chi connectivity index (χ4n) is 5.49. The quantitative estimate of drug-likeness (QED) is 0.421. The predicted molar refractivity (Wildman–Crippen MR) is 152 cm³/mol. The third-order valence-corrected chi connectivity index (χ3v) is 7.34. The van der Waals surface area contributed by atoms with Crippen LogP contribution < -0.4 is 29.7 Å². The van der Waals surface area contributed by atoms with Crippen LogP contribution >= 0.6 is 0 Å². The van der Waals surface area contributed by atoms with E-state index >= 15 is 0 Å². The second-order valence-electron chi connectivity index (χ2n) is 10.7. The molecule has 10 heteroatoms. The van der Waals surface area contributed by atoms with Gasteiger partial charge in [0.1, 0.15) is 5.75 Å². The van der Waals surface area contributed by atoms with E-state index in [4.69, 9.17) is 23.7 Å². The molecule has 0 saturated carbocycles. The summed E-state index contributed by atoms with van der Waals surface area (Å²) in [6.45, 7) is 4.30. The maximum atomic E-state index is 14.0. The van der Waals surface area contributed by atoms with Gasteiger partial charge in [0.2, 0.25) is 5.91 Å². The van der Waals surface area contributed by atoms with Gasteiger partial charge in [0.15, 0.2) is 23.6 Å². The van der Waals surface area contributed by atoms with Crippen molar-refractivity contribution in [2.75, 3.05) is 58.9 Å². The van der Waals surface area contributed by atoms with E-state index in [9.17, 15) is 9.59 Å². The number of amides is 1. The molecule has 1 aliphatic carbocycles. The van der Waals surface area contributed by atoms with Gasteiger partial charge < -0.3 is 39.2 Å². The van der Waals surface area contributed by atoms with Crippen molar-refractivity contribution in [1.29, 1.82) is 0 Å². The van der Waals surface area contributed by atoms with Crippen LogP contribution in [-0.2, 0) is 19.1 Å². The maximum Gasteiger partial charge on any atom is 0.239 e. The lowest BCUT2D eigenvalue weighted by atomic mass is 9.73. The third kappa shape index (κ3) is 5.88. The number of methoxy groups -OCH3 is 5. The van der Waals surface area contributed by atoms with Crippen molar-refractivity contribution in [3.8, 4) is 17.2 Å². The number of carbonyl (C=O) groups is 2. The van der Waals surface area contributed by atoms with E-state index in [0.717, 1.165) is 17.1 Å². The van der Waals surface area contributed by atoms with Crippen LogP contribution in [0, 0.1) is 5.41 Å². The number of hydrogen-bond acceptors (Lipinski definition) is 9. The normalized spacial score (nSPS) is 17.9. The lowest BCUT2D eigenvalue weighted by molar-refractivity contribution is -0.126. The van der Waals surface area contributed by atoms with Crippen LogP contribution in [-0.4, -0.2) is 66.6 Å². The summed E-state index contributed by atoms with van der Waals surface area (Å²) in [6.07, 6.45) is 0.456. The molecule has 2 aliphatic rings. The van der Waals surface area contributed by atoms with Gasteiger partial charge in [-0.1, -0.05) is 26.0 Å². The number of benzene rings is 2. The Balaban J connectivity index is 1.93. The largest absolute Gasteiger partial charge is 0.496 e. The van der Waals surface area contributed by atoms with E-state index in [2.05, 4.69) is 24.5 Å². The number of ketones is 1. The minimum absolute atomic E-state index is 0.0117. The van der Waals surface area contributed by atoms with Crippen molar-refractivity contribution in [1.82, 2.24) is 5.32 Å². The summed E-state index contributed by atoms with van der Waals surface area (Å²) < 4.78 is 27.5. The molecule has 1 atom stereocenters. The zero-order valence-electron chi connectivity index (χ0n) is 24.3. The van der Waals surface area contributed by atoms with Crippen LogP contribution in [0.5, 0.6) is 17.2 Å². The average Bonchev–Trinajstić information content (AvgIpc) is 3.06. The van der Waals surface area contributed by atoms with Gasteiger partial charge in [0.25, 0.3) is 0 Å². The molecule has 1 aliphatic heterocycles. The molecule has 1 heterocycles. The number of ether oxygens (including phenoxy) is 5. The van der Waals surface area contributed by atoms with E-state index in [1.54, 1.807) is 27.4 Å². The molecule has 216 valence electrons. The van der Waals surface area contributed by atoms with Gasteiger partial charge in [-0.3, -0.25) is 9.59 Å². The number of hydrogen-bond donors (Lipinski definition) is 2. The molecule has 0 radical (unpaired) electrons. The topological polar surface area (TPSA) is 108 Å². The summed E-state index contributed by atoms with van der Waals surface area (Å²) in [5, 5.41) is 6.45. The molecule has 1 unspecified atom stereocenters. The average molecular weight is 554 g/mol. The summed E-state index contributed by atoms with van der Waals surface area (Å²) in [5.74, 6) is 1.25. The summed E-state index contributed by atoms with van der Waals surface area (Å²) in [5.41, 5.74) is 3.46. The van der Waals surface area contributed by atoms with Gasteiger partial charge in [0.05, 0.1) is 51.8 Å². The number of Topliss-reactive ketones (excluding diaryl/α,β-unsaturated/α-hetero) is 1. The first-order chi connectivity index (χ1) is 19.2. The van der Waals surface area contributed by atoms with E-state index < -0.39 is 12.3 Å². The highest BCUT2D eigenvalue weighted by Crippen LogP contribution is 2.51. The number of fused-ring (bicyclic) bond motifs is 1. The number of para-hydroxylation sites is 2. The van der Waals surface area contributed by atoms with Crippen molar-refractivity contribution in [2.45, 2.75) is 39.0 Å². The molecule has 0 spiro atoms. The second kappa shape index (κ2) is 12.2. The van der Waals surface area contributed by atoms with E-state index in [1.807, 2.05) is 35.2 Å². The Hall–Kier alpha value is -3.76. The van der Waals surface area contributed by atoms with Gasteiger partial charge in [-0.2, -0.15) is 0 Å². The number of nitrogens with one attached hydrogen (secondary N) is 2. The van der Waals surface area contributed by atoms with Crippen molar-refractivity contribution in [2.24, 2.45) is 5.41 Å². The van der Waals surface area contributed by atoms with E-state index in [1.165, 1.54) is 14.2 Å². The molecule has 2 aromatic rings. The number of anilines is 2. The molecule has 4 rings (SSSR count). The molecule has 2 aromatic carbocycles. The molecule has 2 N–H and O–H groups in total. The van der Waals surface area contributed by atoms with Crippen LogP contribution in [0.15, 0.2) is 47.7 Å². The first-order valence-electron chi connectivity index (χ1n) is 13.2. The van der Waals surface area contributed by atoms with Crippen LogP contribution in [0.1, 0.15) is 38.3 Å². The standard InChI is InChI=1S/C30H39N3O7/c1-30(2)14-20-28(22(34)15-30)29(18-12-24(37-4)25(38-5)13-23(18)36-3)33(21-11-9-8-10-19(21)32-20)17-26(35)31-16-27(39-6)40-7/h8-13,27,29,32H,14-17H2,1-7H3,(H,31,35). The second-order valence-corrected chi connectivity index (χ2v) is 10.7. The lowest BCUT2D eigenvalue weighted by Gasteiger charge is -2.38. The zero-order chi connectivity index (χ0) is 29.0. The minimum atomic E-state index is -0.657. The maximum absolute atomic E-state index is 14.0. The molecule has 0 bridgehead atoms. The van der Waals surface area contributed by atoms with Crippen molar-refractivity contribution >= 4 is 23.1 Å². The van der Waals surface area contributed by atoms with Crippen LogP contribution in [0.2, 0.25) is 0 Å². The van der Waals surface area contributed by atoms with Gasteiger partial charge >= 0.3 is 0 Å². The molecule has 1 amide bonds. The molecule has 10 nitrogen and oxygen atoms in total. The number of rotatable bonds is 10. The number of carbonyl (C=O) groups excluding carboxylic acids is 2. The Labute approximate surface area is 235 Å². The smallest absolute Gasteiger partial charge is 0.239 e. The highest BCUT2D eigenvalue weighted by molar-refractivity contribution is 6.02. The molecule has 0 fully saturated rings. The van der Waals surface area contributed by atoms with E-state index in [0.29, 0.717) is 41.2 Å². The Morgan fingerprint density at radius 2 is 1.65 bits per heavy atom. The first kappa shape index (κ1) is 29.2. The molecule has 0 saturated heterocycles. The zero-order valence-corrected chi connectivity index (χ0v) is 24.3. The third-order valence-electron chi connectivity index (χ3n) is 7.34. The lowest BCUT2D eigenvalue weighted by Crippen LogP contribution is -2.44. The molecule has 0 aromatic heterocycles. The Kier molecular flexibility index (Phi) is 8.90.